The molecule has 1 unspecified atom stereocenters. The molecule has 3 aromatic rings. The van der Waals surface area contributed by atoms with Crippen molar-refractivity contribution in [2.75, 3.05) is 6.61 Å². The molecule has 0 aliphatic carbocycles. The largest absolute Gasteiger partial charge is 0.493 e. The second-order valence-corrected chi connectivity index (χ2v) is 5.64. The molecule has 0 aliphatic rings. The molecular weight excluding hydrogens is 318 g/mol. The predicted molar refractivity (Wildman–Crippen MR) is 93.3 cm³/mol. The minimum absolute atomic E-state index is 0.419. The number of aldehydes is 1. The van der Waals surface area contributed by atoms with Crippen LogP contribution >= 0.6 is 0 Å². The summed E-state index contributed by atoms with van der Waals surface area (Å²) in [7, 11) is 0. The van der Waals surface area contributed by atoms with Gasteiger partial charge in [-0.1, -0.05) is 30.3 Å². The van der Waals surface area contributed by atoms with Crippen molar-refractivity contribution in [2.45, 2.75) is 19.4 Å². The van der Waals surface area contributed by atoms with E-state index in [9.17, 15) is 9.90 Å². The number of aliphatic hydroxyl groups is 1. The molecule has 0 saturated carbocycles. The summed E-state index contributed by atoms with van der Waals surface area (Å²) in [6.45, 7) is 2.30. The van der Waals surface area contributed by atoms with Crippen LogP contribution in [0.5, 0.6) is 5.75 Å². The van der Waals surface area contributed by atoms with E-state index in [0.717, 1.165) is 17.0 Å². The van der Waals surface area contributed by atoms with Gasteiger partial charge in [-0.3, -0.25) is 0 Å². The Hall–Kier alpha value is -2.92. The number of carbonyl (C=O) groups excluding carboxylic acids is 1. The fourth-order valence-corrected chi connectivity index (χ4v) is 2.50. The van der Waals surface area contributed by atoms with Crippen LogP contribution in [0.1, 0.15) is 23.1 Å². The molecule has 5 heteroatoms. The summed E-state index contributed by atoms with van der Waals surface area (Å²) >= 11 is 0. The molecule has 0 spiro atoms. The second kappa shape index (κ2) is 7.77. The first-order valence-corrected chi connectivity index (χ1v) is 8.05. The lowest BCUT2D eigenvalue weighted by atomic mass is 10.1. The number of hydrogen-bond acceptors (Lipinski definition) is 5. The van der Waals surface area contributed by atoms with Crippen LogP contribution in [-0.2, 0) is 11.2 Å². The van der Waals surface area contributed by atoms with Gasteiger partial charge in [-0.15, -0.1) is 0 Å². The van der Waals surface area contributed by atoms with Crippen molar-refractivity contribution in [1.29, 1.82) is 0 Å². The van der Waals surface area contributed by atoms with Crippen LogP contribution in [0.3, 0.4) is 0 Å². The molecule has 5 nitrogen and oxygen atoms in total. The van der Waals surface area contributed by atoms with Gasteiger partial charge in [0.25, 0.3) is 0 Å². The molecule has 0 saturated heterocycles. The van der Waals surface area contributed by atoms with Crippen LogP contribution in [0, 0.1) is 6.92 Å². The predicted octanol–water partition coefficient (Wildman–Crippen LogP) is 3.50. The highest BCUT2D eigenvalue weighted by Crippen LogP contribution is 2.22. The molecule has 2 aromatic carbocycles. The van der Waals surface area contributed by atoms with Gasteiger partial charge < -0.3 is 19.1 Å². The lowest BCUT2D eigenvalue weighted by Crippen LogP contribution is -2.04. The minimum atomic E-state index is -1.13. The minimum Gasteiger partial charge on any atom is -0.493 e. The lowest BCUT2D eigenvalue weighted by molar-refractivity contribution is -0.115. The zero-order valence-electron chi connectivity index (χ0n) is 13.9. The van der Waals surface area contributed by atoms with Gasteiger partial charge in [0.1, 0.15) is 17.6 Å². The third-order valence-electron chi connectivity index (χ3n) is 3.85. The number of aliphatic hydroxyl groups excluding tert-OH is 1. The van der Waals surface area contributed by atoms with Crippen molar-refractivity contribution >= 4 is 6.29 Å². The molecule has 0 radical (unpaired) electrons. The van der Waals surface area contributed by atoms with E-state index in [1.54, 1.807) is 24.3 Å². The maximum absolute atomic E-state index is 10.7. The second-order valence-electron chi connectivity index (χ2n) is 5.64. The monoisotopic (exact) mass is 337 g/mol. The van der Waals surface area contributed by atoms with Gasteiger partial charge >= 0.3 is 0 Å². The summed E-state index contributed by atoms with van der Waals surface area (Å²) in [5, 5.41) is 9.56. The molecule has 0 aliphatic heterocycles. The summed E-state index contributed by atoms with van der Waals surface area (Å²) in [6.07, 6.45) is -0.0410. The molecular formula is C20H19NO4. The van der Waals surface area contributed by atoms with Crippen LogP contribution in [0.4, 0.5) is 0 Å². The van der Waals surface area contributed by atoms with Crippen molar-refractivity contribution < 1.29 is 19.1 Å². The normalized spacial score (nSPS) is 11.9. The molecule has 0 bridgehead atoms. The van der Waals surface area contributed by atoms with Gasteiger partial charge in [-0.05, 0) is 36.8 Å². The zero-order valence-corrected chi connectivity index (χ0v) is 13.9. The topological polar surface area (TPSA) is 72.6 Å². The standard InChI is InChI=1S/C20H19NO4/c1-14-18(21-20(25-14)15-6-3-2-4-7-15)10-11-24-17-9-5-8-16(12-17)19(23)13-22/h2-9,12-13,19,23H,10-11H2,1H3. The van der Waals surface area contributed by atoms with Crippen molar-refractivity contribution in [3.05, 3.63) is 71.6 Å². The first-order valence-electron chi connectivity index (χ1n) is 8.05. The highest BCUT2D eigenvalue weighted by molar-refractivity contribution is 5.60. The maximum Gasteiger partial charge on any atom is 0.226 e. The van der Waals surface area contributed by atoms with E-state index in [1.807, 2.05) is 37.3 Å². The van der Waals surface area contributed by atoms with Crippen molar-refractivity contribution in [1.82, 2.24) is 4.98 Å². The molecule has 0 fully saturated rings. The van der Waals surface area contributed by atoms with E-state index < -0.39 is 6.10 Å². The fourth-order valence-electron chi connectivity index (χ4n) is 2.50. The van der Waals surface area contributed by atoms with Crippen LogP contribution in [0.25, 0.3) is 11.5 Å². The molecule has 1 N–H and O–H groups in total. The SMILES string of the molecule is Cc1oc(-c2ccccc2)nc1CCOc1cccc(C(O)C=O)c1. The average molecular weight is 337 g/mol. The van der Waals surface area contributed by atoms with Gasteiger partial charge in [-0.25, -0.2) is 4.98 Å². The summed E-state index contributed by atoms with van der Waals surface area (Å²) in [5.41, 5.74) is 2.30. The Kier molecular flexibility index (Phi) is 5.26. The number of hydrogen-bond donors (Lipinski definition) is 1. The summed E-state index contributed by atoms with van der Waals surface area (Å²) in [5.74, 6) is 1.97. The Morgan fingerprint density at radius 3 is 2.76 bits per heavy atom. The number of aromatic nitrogens is 1. The third-order valence-corrected chi connectivity index (χ3v) is 3.85. The number of carbonyl (C=O) groups is 1. The first kappa shape index (κ1) is 16.9. The third kappa shape index (κ3) is 4.14. The van der Waals surface area contributed by atoms with Gasteiger partial charge in [0.2, 0.25) is 5.89 Å². The highest BCUT2D eigenvalue weighted by Gasteiger charge is 2.11. The summed E-state index contributed by atoms with van der Waals surface area (Å²) in [6, 6.07) is 16.6. The van der Waals surface area contributed by atoms with Crippen LogP contribution in [0.2, 0.25) is 0 Å². The molecule has 1 aromatic heterocycles. The van der Waals surface area contributed by atoms with Crippen LogP contribution in [0.15, 0.2) is 59.0 Å². The Labute approximate surface area is 145 Å². The fraction of sp³-hybridized carbons (Fsp3) is 0.200. The average Bonchev–Trinajstić information content (AvgIpc) is 3.03. The molecule has 25 heavy (non-hydrogen) atoms. The van der Waals surface area contributed by atoms with E-state index in [-0.39, 0.29) is 0 Å². The van der Waals surface area contributed by atoms with E-state index >= 15 is 0 Å². The Bertz CT molecular complexity index is 842. The number of ether oxygens (including phenoxy) is 1. The van der Waals surface area contributed by atoms with Crippen molar-refractivity contribution in [3.8, 4) is 17.2 Å². The number of nitrogens with zero attached hydrogens (tertiary/aromatic N) is 1. The number of aryl methyl sites for hydroxylation is 1. The van der Waals surface area contributed by atoms with E-state index in [4.69, 9.17) is 9.15 Å². The first-order chi connectivity index (χ1) is 12.2. The van der Waals surface area contributed by atoms with Gasteiger partial charge in [0.15, 0.2) is 6.29 Å². The quantitative estimate of drug-likeness (QED) is 0.668. The van der Waals surface area contributed by atoms with Crippen LogP contribution in [-0.4, -0.2) is 23.0 Å². The Morgan fingerprint density at radius 1 is 1.20 bits per heavy atom. The molecule has 3 rings (SSSR count). The highest BCUT2D eigenvalue weighted by atomic mass is 16.5. The molecule has 0 amide bonds. The van der Waals surface area contributed by atoms with Gasteiger partial charge in [-0.2, -0.15) is 0 Å². The Morgan fingerprint density at radius 2 is 2.00 bits per heavy atom. The summed E-state index contributed by atoms with van der Waals surface area (Å²) in [4.78, 5) is 15.2. The smallest absolute Gasteiger partial charge is 0.226 e. The molecule has 1 atom stereocenters. The van der Waals surface area contributed by atoms with E-state index in [1.165, 1.54) is 0 Å². The lowest BCUT2D eigenvalue weighted by Gasteiger charge is -2.08. The van der Waals surface area contributed by atoms with Gasteiger partial charge in [0, 0.05) is 12.0 Å². The number of rotatable bonds is 7. The van der Waals surface area contributed by atoms with Crippen molar-refractivity contribution in [2.24, 2.45) is 0 Å². The van der Waals surface area contributed by atoms with E-state index in [2.05, 4.69) is 4.98 Å². The Balaban J connectivity index is 1.63. The number of oxazole rings is 1. The number of benzene rings is 2. The summed E-state index contributed by atoms with van der Waals surface area (Å²) < 4.78 is 11.4. The van der Waals surface area contributed by atoms with Crippen molar-refractivity contribution in [3.63, 3.8) is 0 Å². The van der Waals surface area contributed by atoms with Gasteiger partial charge in [0.05, 0.1) is 12.3 Å². The zero-order chi connectivity index (χ0) is 17.6. The van der Waals surface area contributed by atoms with Crippen LogP contribution < -0.4 is 4.74 Å². The maximum atomic E-state index is 10.7. The molecule has 1 heterocycles. The molecule has 128 valence electrons. The van der Waals surface area contributed by atoms with E-state index in [0.29, 0.717) is 36.5 Å².